The van der Waals surface area contributed by atoms with E-state index in [4.69, 9.17) is 4.52 Å². The van der Waals surface area contributed by atoms with Crippen LogP contribution in [-0.2, 0) is 17.6 Å². The number of aromatic nitrogens is 1. The zero-order valence-corrected chi connectivity index (χ0v) is 16.0. The van der Waals surface area contributed by atoms with Gasteiger partial charge >= 0.3 is 0 Å². The quantitative estimate of drug-likeness (QED) is 0.849. The van der Waals surface area contributed by atoms with Gasteiger partial charge in [0.1, 0.15) is 11.3 Å². The number of benzene rings is 1. The van der Waals surface area contributed by atoms with Gasteiger partial charge in [-0.2, -0.15) is 0 Å². The molecular formula is C21H27N3O3. The van der Waals surface area contributed by atoms with Crippen LogP contribution in [0.2, 0.25) is 0 Å². The lowest BCUT2D eigenvalue weighted by Crippen LogP contribution is -2.46. The summed E-state index contributed by atoms with van der Waals surface area (Å²) in [6.45, 7) is 5.01. The summed E-state index contributed by atoms with van der Waals surface area (Å²) in [6.07, 6.45) is 3.45. The third kappa shape index (κ3) is 4.76. The fourth-order valence-electron chi connectivity index (χ4n) is 3.52. The molecule has 0 spiro atoms. The summed E-state index contributed by atoms with van der Waals surface area (Å²) in [4.78, 5) is 26.8. The van der Waals surface area contributed by atoms with Crippen LogP contribution in [0.25, 0.3) is 0 Å². The smallest absolute Gasteiger partial charge is 0.259 e. The van der Waals surface area contributed by atoms with Gasteiger partial charge in [-0.25, -0.2) is 0 Å². The topological polar surface area (TPSA) is 75.4 Å². The Kier molecular flexibility index (Phi) is 6.27. The second-order valence-corrected chi connectivity index (χ2v) is 7.03. The molecular weight excluding hydrogens is 342 g/mol. The third-order valence-electron chi connectivity index (χ3n) is 5.11. The van der Waals surface area contributed by atoms with E-state index >= 15 is 0 Å². The molecule has 1 N–H and O–H groups in total. The number of amides is 2. The first kappa shape index (κ1) is 19.1. The highest BCUT2D eigenvalue weighted by molar-refractivity contribution is 5.96. The van der Waals surface area contributed by atoms with Crippen molar-refractivity contribution in [1.29, 1.82) is 0 Å². The van der Waals surface area contributed by atoms with Gasteiger partial charge < -0.3 is 14.7 Å². The molecule has 27 heavy (non-hydrogen) atoms. The molecule has 1 aromatic heterocycles. The average molecular weight is 369 g/mol. The number of nitrogens with one attached hydrogen (secondary N) is 1. The van der Waals surface area contributed by atoms with Crippen LogP contribution in [0, 0.1) is 6.92 Å². The van der Waals surface area contributed by atoms with Gasteiger partial charge in [-0.1, -0.05) is 42.4 Å². The molecule has 0 atom stereocenters. The molecule has 1 saturated heterocycles. The molecule has 2 aromatic rings. The number of hydrogen-bond acceptors (Lipinski definition) is 4. The molecule has 1 aliphatic heterocycles. The molecule has 0 aliphatic carbocycles. The zero-order valence-electron chi connectivity index (χ0n) is 16.0. The lowest BCUT2D eigenvalue weighted by atomic mass is 10.0. The van der Waals surface area contributed by atoms with Gasteiger partial charge in [0.05, 0.1) is 5.69 Å². The Morgan fingerprint density at radius 3 is 2.59 bits per heavy atom. The highest BCUT2D eigenvalue weighted by atomic mass is 16.5. The van der Waals surface area contributed by atoms with Crippen molar-refractivity contribution in [2.24, 2.45) is 0 Å². The SMILES string of the molecule is CCc1noc(C)c1C(=O)N1CCC(NC(=O)CCc2ccccc2)CC1. The number of piperidine rings is 1. The number of nitrogens with zero attached hydrogens (tertiary/aromatic N) is 2. The first-order chi connectivity index (χ1) is 13.1. The van der Waals surface area contributed by atoms with Crippen LogP contribution in [0.5, 0.6) is 0 Å². The van der Waals surface area contributed by atoms with Crippen molar-refractivity contribution in [3.63, 3.8) is 0 Å². The number of likely N-dealkylation sites (tertiary alicyclic amines) is 1. The van der Waals surface area contributed by atoms with Crippen LogP contribution in [-0.4, -0.2) is 41.0 Å². The molecule has 0 saturated carbocycles. The van der Waals surface area contributed by atoms with Crippen molar-refractivity contribution in [2.75, 3.05) is 13.1 Å². The third-order valence-corrected chi connectivity index (χ3v) is 5.11. The van der Waals surface area contributed by atoms with Gasteiger partial charge in [-0.05, 0) is 38.2 Å². The van der Waals surface area contributed by atoms with Crippen molar-refractivity contribution in [1.82, 2.24) is 15.4 Å². The monoisotopic (exact) mass is 369 g/mol. The Bertz CT molecular complexity index is 777. The Labute approximate surface area is 159 Å². The van der Waals surface area contributed by atoms with E-state index in [1.165, 1.54) is 5.56 Å². The molecule has 0 radical (unpaired) electrons. The van der Waals surface area contributed by atoms with E-state index in [2.05, 4.69) is 10.5 Å². The summed E-state index contributed by atoms with van der Waals surface area (Å²) in [6, 6.07) is 10.2. The van der Waals surface area contributed by atoms with Crippen LogP contribution >= 0.6 is 0 Å². The van der Waals surface area contributed by atoms with E-state index in [0.717, 1.165) is 19.3 Å². The van der Waals surface area contributed by atoms with Crippen molar-refractivity contribution >= 4 is 11.8 Å². The second-order valence-electron chi connectivity index (χ2n) is 7.03. The molecule has 6 heteroatoms. The second kappa shape index (κ2) is 8.84. The van der Waals surface area contributed by atoms with Gasteiger partial charge in [0.25, 0.3) is 5.91 Å². The summed E-state index contributed by atoms with van der Waals surface area (Å²) in [7, 11) is 0. The number of hydrogen-bond donors (Lipinski definition) is 1. The van der Waals surface area contributed by atoms with Crippen LogP contribution < -0.4 is 5.32 Å². The summed E-state index contributed by atoms with van der Waals surface area (Å²) in [5.41, 5.74) is 2.49. The maximum atomic E-state index is 12.8. The molecule has 1 fully saturated rings. The fraction of sp³-hybridized carbons (Fsp3) is 0.476. The van der Waals surface area contributed by atoms with Crippen LogP contribution in [0.15, 0.2) is 34.9 Å². The van der Waals surface area contributed by atoms with Crippen LogP contribution in [0.3, 0.4) is 0 Å². The average Bonchev–Trinajstić information content (AvgIpc) is 3.08. The van der Waals surface area contributed by atoms with Gasteiger partial charge in [-0.15, -0.1) is 0 Å². The molecule has 0 bridgehead atoms. The van der Waals surface area contributed by atoms with Crippen LogP contribution in [0.1, 0.15) is 53.6 Å². The maximum absolute atomic E-state index is 12.8. The first-order valence-electron chi connectivity index (χ1n) is 9.66. The predicted molar refractivity (Wildman–Crippen MR) is 102 cm³/mol. The number of carbonyl (C=O) groups is 2. The Balaban J connectivity index is 1.46. The van der Waals surface area contributed by atoms with Crippen molar-refractivity contribution in [3.8, 4) is 0 Å². The largest absolute Gasteiger partial charge is 0.361 e. The van der Waals surface area contributed by atoms with Gasteiger partial charge in [0.2, 0.25) is 5.91 Å². The highest BCUT2D eigenvalue weighted by Crippen LogP contribution is 2.20. The summed E-state index contributed by atoms with van der Waals surface area (Å²) in [5, 5.41) is 7.08. The molecule has 3 rings (SSSR count). The van der Waals surface area contributed by atoms with E-state index in [9.17, 15) is 9.59 Å². The van der Waals surface area contributed by atoms with E-state index in [1.807, 2.05) is 42.2 Å². The Morgan fingerprint density at radius 2 is 1.93 bits per heavy atom. The predicted octanol–water partition coefficient (Wildman–Crippen LogP) is 2.90. The molecule has 6 nitrogen and oxygen atoms in total. The fourth-order valence-corrected chi connectivity index (χ4v) is 3.52. The van der Waals surface area contributed by atoms with E-state index < -0.39 is 0 Å². The maximum Gasteiger partial charge on any atom is 0.259 e. The normalized spacial score (nSPS) is 15.0. The number of rotatable bonds is 6. The minimum Gasteiger partial charge on any atom is -0.361 e. The lowest BCUT2D eigenvalue weighted by Gasteiger charge is -2.32. The molecule has 0 unspecified atom stereocenters. The summed E-state index contributed by atoms with van der Waals surface area (Å²) >= 11 is 0. The van der Waals surface area contributed by atoms with Crippen molar-refractivity contribution < 1.29 is 14.1 Å². The number of carbonyl (C=O) groups excluding carboxylic acids is 2. The zero-order chi connectivity index (χ0) is 19.2. The van der Waals surface area contributed by atoms with Crippen molar-refractivity contribution in [2.45, 2.75) is 52.0 Å². The molecule has 1 aromatic carbocycles. The lowest BCUT2D eigenvalue weighted by molar-refractivity contribution is -0.122. The Morgan fingerprint density at radius 1 is 1.22 bits per heavy atom. The first-order valence-corrected chi connectivity index (χ1v) is 9.66. The van der Waals surface area contributed by atoms with Gasteiger partial charge in [0, 0.05) is 25.6 Å². The van der Waals surface area contributed by atoms with Crippen molar-refractivity contribution in [3.05, 3.63) is 52.9 Å². The molecule has 1 aliphatic rings. The summed E-state index contributed by atoms with van der Waals surface area (Å²) < 4.78 is 5.18. The molecule has 2 heterocycles. The summed E-state index contributed by atoms with van der Waals surface area (Å²) in [5.74, 6) is 0.638. The van der Waals surface area contributed by atoms with Gasteiger partial charge in [0.15, 0.2) is 0 Å². The Hall–Kier alpha value is -2.63. The highest BCUT2D eigenvalue weighted by Gasteiger charge is 2.28. The minimum absolute atomic E-state index is 0.0144. The van der Waals surface area contributed by atoms with E-state index in [0.29, 0.717) is 42.9 Å². The van der Waals surface area contributed by atoms with Crippen LogP contribution in [0.4, 0.5) is 0 Å². The van der Waals surface area contributed by atoms with Gasteiger partial charge in [-0.3, -0.25) is 9.59 Å². The minimum atomic E-state index is -0.0144. The standard InChI is InChI=1S/C21H27N3O3/c1-3-18-20(15(2)27-23-18)21(26)24-13-11-17(12-14-24)22-19(25)10-9-16-7-5-4-6-8-16/h4-8,17H,3,9-14H2,1-2H3,(H,22,25). The molecule has 144 valence electrons. The number of aryl methyl sites for hydroxylation is 3. The molecule has 2 amide bonds. The van der Waals surface area contributed by atoms with E-state index in [1.54, 1.807) is 6.92 Å². The van der Waals surface area contributed by atoms with E-state index in [-0.39, 0.29) is 17.9 Å².